The van der Waals surface area contributed by atoms with E-state index in [1.54, 1.807) is 4.90 Å². The molecular formula is C26H30N2O3. The Morgan fingerprint density at radius 3 is 2.45 bits per heavy atom. The number of hydrogen-bond donors (Lipinski definition) is 1. The molecule has 2 aliphatic rings. The molecule has 4 rings (SSSR count). The van der Waals surface area contributed by atoms with Crippen molar-refractivity contribution < 1.29 is 14.7 Å². The summed E-state index contributed by atoms with van der Waals surface area (Å²) in [4.78, 5) is 29.7. The zero-order valence-electron chi connectivity index (χ0n) is 18.3. The van der Waals surface area contributed by atoms with Crippen LogP contribution in [0.25, 0.3) is 5.76 Å². The first-order valence-corrected chi connectivity index (χ1v) is 11.1. The molecule has 0 radical (unpaired) electrons. The van der Waals surface area contributed by atoms with Crippen molar-refractivity contribution >= 4 is 17.4 Å². The number of carbonyl (C=O) groups excluding carboxylic acids is 2. The summed E-state index contributed by atoms with van der Waals surface area (Å²) >= 11 is 0. The summed E-state index contributed by atoms with van der Waals surface area (Å²) in [5.74, 6) is -1.21. The number of rotatable bonds is 6. The van der Waals surface area contributed by atoms with Crippen molar-refractivity contribution in [1.29, 1.82) is 0 Å². The third-order valence-corrected chi connectivity index (χ3v) is 6.28. The molecule has 5 heteroatoms. The van der Waals surface area contributed by atoms with Crippen LogP contribution >= 0.6 is 0 Å². The van der Waals surface area contributed by atoms with Gasteiger partial charge in [0.1, 0.15) is 5.76 Å². The van der Waals surface area contributed by atoms with Crippen LogP contribution in [0.4, 0.5) is 0 Å². The van der Waals surface area contributed by atoms with E-state index in [1.165, 1.54) is 17.5 Å². The Hall–Kier alpha value is -2.92. The van der Waals surface area contributed by atoms with Crippen LogP contribution in [0.1, 0.15) is 47.6 Å². The first-order chi connectivity index (χ1) is 15.0. The molecule has 2 aromatic carbocycles. The number of aliphatic hydroxyl groups is 1. The Balaban J connectivity index is 1.76. The van der Waals surface area contributed by atoms with Crippen molar-refractivity contribution in [1.82, 2.24) is 9.80 Å². The van der Waals surface area contributed by atoms with Crippen molar-refractivity contribution in [2.75, 3.05) is 27.2 Å². The van der Waals surface area contributed by atoms with E-state index in [-0.39, 0.29) is 11.3 Å². The summed E-state index contributed by atoms with van der Waals surface area (Å²) in [6.07, 6.45) is 5.11. The van der Waals surface area contributed by atoms with E-state index in [9.17, 15) is 14.7 Å². The van der Waals surface area contributed by atoms with Crippen LogP contribution in [-0.4, -0.2) is 53.8 Å². The molecule has 0 bridgehead atoms. The Bertz CT molecular complexity index is 1010. The summed E-state index contributed by atoms with van der Waals surface area (Å²) in [6.45, 7) is 1.28. The molecule has 31 heavy (non-hydrogen) atoms. The standard InChI is InChI=1S/C26H30N2O3/c1-27(2)15-8-16-28-23(19-10-4-3-5-11-19)22(25(30)26(28)31)24(29)21-14-13-18-9-6-7-12-20(18)17-21/h3-5,10-11,13-14,17,23,29H,6-9,12,15-16H2,1-2H3/b24-22-. The molecule has 1 fully saturated rings. The molecule has 1 N–H and O–H groups in total. The van der Waals surface area contributed by atoms with Gasteiger partial charge in [0.15, 0.2) is 0 Å². The number of likely N-dealkylation sites (tertiary alicyclic amines) is 1. The van der Waals surface area contributed by atoms with E-state index in [1.807, 2.05) is 62.6 Å². The van der Waals surface area contributed by atoms with Crippen molar-refractivity contribution in [3.63, 3.8) is 0 Å². The van der Waals surface area contributed by atoms with Gasteiger partial charge in [0.05, 0.1) is 11.6 Å². The monoisotopic (exact) mass is 418 g/mol. The fourth-order valence-electron chi connectivity index (χ4n) is 4.69. The second-order valence-electron chi connectivity index (χ2n) is 8.75. The number of Topliss-reactive ketones (excluding diaryl/α,β-unsaturated/α-hetero) is 1. The maximum absolute atomic E-state index is 13.1. The van der Waals surface area contributed by atoms with Crippen LogP contribution in [0.2, 0.25) is 0 Å². The predicted octanol–water partition coefficient (Wildman–Crippen LogP) is 3.94. The lowest BCUT2D eigenvalue weighted by atomic mass is 9.89. The summed E-state index contributed by atoms with van der Waals surface area (Å²) in [5, 5.41) is 11.2. The lowest BCUT2D eigenvalue weighted by Crippen LogP contribution is -2.32. The summed E-state index contributed by atoms with van der Waals surface area (Å²) in [7, 11) is 3.97. The van der Waals surface area contributed by atoms with Crippen molar-refractivity contribution in [3.05, 3.63) is 76.4 Å². The molecule has 162 valence electrons. The van der Waals surface area contributed by atoms with E-state index in [2.05, 4.69) is 4.90 Å². The fraction of sp³-hybridized carbons (Fsp3) is 0.385. The average molecular weight is 419 g/mol. The molecule has 1 unspecified atom stereocenters. The Morgan fingerprint density at radius 1 is 1.03 bits per heavy atom. The highest BCUT2D eigenvalue weighted by Crippen LogP contribution is 2.39. The van der Waals surface area contributed by atoms with Gasteiger partial charge in [-0.05, 0) is 75.5 Å². The van der Waals surface area contributed by atoms with Gasteiger partial charge in [0.2, 0.25) is 0 Å². The van der Waals surface area contributed by atoms with Gasteiger partial charge in [-0.15, -0.1) is 0 Å². The molecule has 1 saturated heterocycles. The molecule has 1 heterocycles. The third-order valence-electron chi connectivity index (χ3n) is 6.28. The second-order valence-corrected chi connectivity index (χ2v) is 8.75. The van der Waals surface area contributed by atoms with E-state index < -0.39 is 17.7 Å². The highest BCUT2D eigenvalue weighted by Gasteiger charge is 2.45. The quantitative estimate of drug-likeness (QED) is 0.439. The van der Waals surface area contributed by atoms with Gasteiger partial charge in [-0.2, -0.15) is 0 Å². The Morgan fingerprint density at radius 2 is 1.74 bits per heavy atom. The minimum Gasteiger partial charge on any atom is -0.507 e. The first-order valence-electron chi connectivity index (χ1n) is 11.1. The zero-order chi connectivity index (χ0) is 22.0. The smallest absolute Gasteiger partial charge is 0.295 e. The number of aryl methyl sites for hydroxylation is 2. The number of nitrogens with zero attached hydrogens (tertiary/aromatic N) is 2. The average Bonchev–Trinajstić information content (AvgIpc) is 3.03. The Kier molecular flexibility index (Phi) is 6.23. The second kappa shape index (κ2) is 9.06. The SMILES string of the molecule is CN(C)CCCN1C(=O)C(=O)/C(=C(\O)c2ccc3c(c2)CCCC3)C1c1ccccc1. The number of ketones is 1. The fourth-order valence-corrected chi connectivity index (χ4v) is 4.69. The van der Waals surface area contributed by atoms with E-state index in [0.717, 1.165) is 37.8 Å². The van der Waals surface area contributed by atoms with Gasteiger partial charge < -0.3 is 14.9 Å². The normalized spacial score (nSPS) is 20.4. The number of amides is 1. The van der Waals surface area contributed by atoms with E-state index in [4.69, 9.17) is 0 Å². The molecule has 0 spiro atoms. The molecule has 2 aromatic rings. The maximum atomic E-state index is 13.1. The molecular weight excluding hydrogens is 388 g/mol. The first kappa shape index (κ1) is 21.3. The van der Waals surface area contributed by atoms with E-state index in [0.29, 0.717) is 12.1 Å². The van der Waals surface area contributed by atoms with Crippen LogP contribution in [0, 0.1) is 0 Å². The molecule has 1 atom stereocenters. The van der Waals surface area contributed by atoms with Gasteiger partial charge in [0, 0.05) is 12.1 Å². The number of carbonyl (C=O) groups is 2. The van der Waals surface area contributed by atoms with Gasteiger partial charge >= 0.3 is 0 Å². The van der Waals surface area contributed by atoms with Crippen LogP contribution in [-0.2, 0) is 22.4 Å². The predicted molar refractivity (Wildman–Crippen MR) is 122 cm³/mol. The summed E-state index contributed by atoms with van der Waals surface area (Å²) in [5.41, 5.74) is 4.19. The maximum Gasteiger partial charge on any atom is 0.295 e. The molecule has 5 nitrogen and oxygen atoms in total. The molecule has 1 aliphatic carbocycles. The minimum absolute atomic E-state index is 0.0734. The van der Waals surface area contributed by atoms with Crippen molar-refractivity contribution in [3.8, 4) is 0 Å². The number of fused-ring (bicyclic) bond motifs is 1. The zero-order valence-corrected chi connectivity index (χ0v) is 18.3. The highest BCUT2D eigenvalue weighted by atomic mass is 16.3. The van der Waals surface area contributed by atoms with Crippen molar-refractivity contribution in [2.45, 2.75) is 38.1 Å². The van der Waals surface area contributed by atoms with Crippen LogP contribution in [0.5, 0.6) is 0 Å². The molecule has 1 amide bonds. The van der Waals surface area contributed by atoms with Gasteiger partial charge in [0.25, 0.3) is 11.7 Å². The van der Waals surface area contributed by atoms with Gasteiger partial charge in [-0.25, -0.2) is 0 Å². The van der Waals surface area contributed by atoms with E-state index >= 15 is 0 Å². The Labute approximate surface area is 184 Å². The summed E-state index contributed by atoms with van der Waals surface area (Å²) < 4.78 is 0. The molecule has 0 aromatic heterocycles. The number of hydrogen-bond acceptors (Lipinski definition) is 4. The third kappa shape index (κ3) is 4.28. The number of aliphatic hydroxyl groups excluding tert-OH is 1. The van der Waals surface area contributed by atoms with Gasteiger partial charge in [-0.3, -0.25) is 9.59 Å². The lowest BCUT2D eigenvalue weighted by molar-refractivity contribution is -0.139. The molecule has 0 saturated carbocycles. The largest absolute Gasteiger partial charge is 0.507 e. The lowest BCUT2D eigenvalue weighted by Gasteiger charge is -2.26. The van der Waals surface area contributed by atoms with Crippen molar-refractivity contribution in [2.24, 2.45) is 0 Å². The minimum atomic E-state index is -0.603. The van der Waals surface area contributed by atoms with Crippen LogP contribution < -0.4 is 0 Å². The topological polar surface area (TPSA) is 60.9 Å². The van der Waals surface area contributed by atoms with Crippen LogP contribution in [0.3, 0.4) is 0 Å². The number of benzene rings is 2. The van der Waals surface area contributed by atoms with Gasteiger partial charge in [-0.1, -0.05) is 42.5 Å². The molecule has 1 aliphatic heterocycles. The highest BCUT2D eigenvalue weighted by molar-refractivity contribution is 6.46. The van der Waals surface area contributed by atoms with Crippen LogP contribution in [0.15, 0.2) is 54.1 Å². The summed E-state index contributed by atoms with van der Waals surface area (Å²) in [6, 6.07) is 14.9.